The highest BCUT2D eigenvalue weighted by Crippen LogP contribution is 1.93. The van der Waals surface area contributed by atoms with Crippen LogP contribution >= 0.6 is 0 Å². The van der Waals surface area contributed by atoms with Crippen molar-refractivity contribution in [3.63, 3.8) is 0 Å². The number of carboxylic acids is 1. The van der Waals surface area contributed by atoms with Gasteiger partial charge in [-0.2, -0.15) is 5.90 Å². The molecule has 4 nitrogen and oxygen atoms in total. The summed E-state index contributed by atoms with van der Waals surface area (Å²) in [7, 11) is 0. The number of rotatable bonds is 3. The van der Waals surface area contributed by atoms with Gasteiger partial charge in [0.15, 0.2) is 0 Å². The number of carboxylic acid groups (broad SMARTS) is 1. The number of hydrogen-bond acceptors (Lipinski definition) is 3. The van der Waals surface area contributed by atoms with E-state index in [0.29, 0.717) is 0 Å². The molecule has 0 heterocycles. The topological polar surface area (TPSA) is 72.5 Å². The highest BCUT2D eigenvalue weighted by atomic mass is 16.6. The summed E-state index contributed by atoms with van der Waals surface area (Å²) >= 11 is 0. The molecule has 0 saturated heterocycles. The van der Waals surface area contributed by atoms with Crippen LogP contribution in [-0.2, 0) is 9.63 Å². The van der Waals surface area contributed by atoms with E-state index in [1.54, 1.807) is 0 Å². The van der Waals surface area contributed by atoms with Gasteiger partial charge in [-0.1, -0.05) is 6.58 Å². The monoisotopic (exact) mass is 117 g/mol. The molecule has 0 radical (unpaired) electrons. The van der Waals surface area contributed by atoms with Crippen LogP contribution in [0.1, 0.15) is 6.42 Å². The SMILES string of the molecule is C=C(CC(=O)O)ON. The summed E-state index contributed by atoms with van der Waals surface area (Å²) in [6.07, 6.45) is -0.240. The van der Waals surface area contributed by atoms with Crippen molar-refractivity contribution in [3.8, 4) is 0 Å². The third kappa shape index (κ3) is 3.17. The van der Waals surface area contributed by atoms with Crippen LogP contribution in [0.4, 0.5) is 0 Å². The maximum atomic E-state index is 9.77. The fourth-order valence-electron chi connectivity index (χ4n) is 0.210. The van der Waals surface area contributed by atoms with Gasteiger partial charge in [0.1, 0.15) is 12.2 Å². The van der Waals surface area contributed by atoms with Gasteiger partial charge in [0.2, 0.25) is 0 Å². The van der Waals surface area contributed by atoms with Gasteiger partial charge >= 0.3 is 5.97 Å². The molecule has 0 aliphatic heterocycles. The first-order chi connectivity index (χ1) is 3.66. The Morgan fingerprint density at radius 3 is 2.50 bits per heavy atom. The lowest BCUT2D eigenvalue weighted by molar-refractivity contribution is -0.136. The van der Waals surface area contributed by atoms with Gasteiger partial charge in [-0.25, -0.2) is 0 Å². The van der Waals surface area contributed by atoms with E-state index in [-0.39, 0.29) is 12.2 Å². The zero-order chi connectivity index (χ0) is 6.57. The summed E-state index contributed by atoms with van der Waals surface area (Å²) < 4.78 is 0. The van der Waals surface area contributed by atoms with Gasteiger partial charge in [0.25, 0.3) is 0 Å². The Balaban J connectivity index is 3.40. The zero-order valence-corrected chi connectivity index (χ0v) is 4.26. The first-order valence-electron chi connectivity index (χ1n) is 1.93. The van der Waals surface area contributed by atoms with Crippen LogP contribution in [0.5, 0.6) is 0 Å². The lowest BCUT2D eigenvalue weighted by atomic mass is 10.4. The summed E-state index contributed by atoms with van der Waals surface area (Å²) in [5, 5.41) is 8.02. The minimum atomic E-state index is -1.000. The molecule has 0 rings (SSSR count). The second-order valence-electron chi connectivity index (χ2n) is 1.23. The molecule has 0 saturated carbocycles. The third-order valence-corrected chi connectivity index (χ3v) is 0.515. The van der Waals surface area contributed by atoms with Crippen LogP contribution in [0, 0.1) is 0 Å². The molecule has 0 unspecified atom stereocenters. The lowest BCUT2D eigenvalue weighted by Gasteiger charge is -1.95. The molecule has 0 aromatic carbocycles. The van der Waals surface area contributed by atoms with Gasteiger partial charge in [0.05, 0.1) is 0 Å². The molecule has 0 amide bonds. The van der Waals surface area contributed by atoms with Crippen molar-refractivity contribution >= 4 is 5.97 Å². The lowest BCUT2D eigenvalue weighted by Crippen LogP contribution is -2.03. The Morgan fingerprint density at radius 1 is 1.88 bits per heavy atom. The molecule has 0 aliphatic rings. The van der Waals surface area contributed by atoms with Crippen molar-refractivity contribution in [1.82, 2.24) is 0 Å². The predicted molar refractivity (Wildman–Crippen MR) is 26.7 cm³/mol. The van der Waals surface area contributed by atoms with Crippen LogP contribution in [0.2, 0.25) is 0 Å². The number of nitrogens with two attached hydrogens (primary N) is 1. The van der Waals surface area contributed by atoms with E-state index >= 15 is 0 Å². The fourth-order valence-corrected chi connectivity index (χ4v) is 0.210. The molecule has 4 heteroatoms. The molecular formula is C4H7NO3. The first kappa shape index (κ1) is 6.97. The van der Waals surface area contributed by atoms with Gasteiger partial charge in [-0.3, -0.25) is 4.79 Å². The van der Waals surface area contributed by atoms with Crippen molar-refractivity contribution in [2.24, 2.45) is 5.90 Å². The highest BCUT2D eigenvalue weighted by molar-refractivity contribution is 5.69. The van der Waals surface area contributed by atoms with Gasteiger partial charge in [-0.15, -0.1) is 0 Å². The van der Waals surface area contributed by atoms with Crippen LogP contribution in [0.15, 0.2) is 12.3 Å². The van der Waals surface area contributed by atoms with Gasteiger partial charge < -0.3 is 9.94 Å². The summed E-state index contributed by atoms with van der Waals surface area (Å²) in [5.41, 5.74) is 0. The minimum absolute atomic E-state index is 0.0532. The van der Waals surface area contributed by atoms with Gasteiger partial charge in [0, 0.05) is 0 Å². The molecule has 3 N–H and O–H groups in total. The van der Waals surface area contributed by atoms with E-state index in [1.165, 1.54) is 0 Å². The van der Waals surface area contributed by atoms with Crippen LogP contribution in [-0.4, -0.2) is 11.1 Å². The fraction of sp³-hybridized carbons (Fsp3) is 0.250. The van der Waals surface area contributed by atoms with E-state index in [9.17, 15) is 4.79 Å². The summed E-state index contributed by atoms with van der Waals surface area (Å²) in [6.45, 7) is 3.19. The third-order valence-electron chi connectivity index (χ3n) is 0.515. The maximum Gasteiger partial charge on any atom is 0.311 e. The van der Waals surface area contributed by atoms with E-state index in [4.69, 9.17) is 5.11 Å². The first-order valence-corrected chi connectivity index (χ1v) is 1.93. The highest BCUT2D eigenvalue weighted by Gasteiger charge is 1.98. The van der Waals surface area contributed by atoms with Crippen LogP contribution in [0.25, 0.3) is 0 Å². The van der Waals surface area contributed by atoms with E-state index in [0.717, 1.165) is 0 Å². The number of carbonyl (C=O) groups is 1. The second kappa shape index (κ2) is 3.04. The van der Waals surface area contributed by atoms with E-state index in [2.05, 4.69) is 17.3 Å². The Labute approximate surface area is 46.5 Å². The quantitative estimate of drug-likeness (QED) is 0.398. The second-order valence-corrected chi connectivity index (χ2v) is 1.23. The average molecular weight is 117 g/mol. The largest absolute Gasteiger partial charge is 0.481 e. The van der Waals surface area contributed by atoms with Crippen molar-refractivity contribution in [2.75, 3.05) is 0 Å². The summed E-state index contributed by atoms with van der Waals surface area (Å²) in [5.74, 6) is 3.61. The number of aliphatic carboxylic acids is 1. The molecule has 0 aromatic heterocycles. The molecule has 0 atom stereocenters. The molecule has 46 valence electrons. The standard InChI is InChI=1S/C4H7NO3/c1-3(8-5)2-4(6)7/h1-2,5H2,(H,6,7). The van der Waals surface area contributed by atoms with Crippen molar-refractivity contribution in [3.05, 3.63) is 12.3 Å². The van der Waals surface area contributed by atoms with Crippen molar-refractivity contribution in [1.29, 1.82) is 0 Å². The van der Waals surface area contributed by atoms with Crippen molar-refractivity contribution < 1.29 is 14.7 Å². The molecule has 0 aromatic rings. The molecule has 0 fully saturated rings. The Morgan fingerprint density at radius 2 is 2.38 bits per heavy atom. The Hall–Kier alpha value is -1.03. The zero-order valence-electron chi connectivity index (χ0n) is 4.26. The smallest absolute Gasteiger partial charge is 0.311 e. The van der Waals surface area contributed by atoms with Gasteiger partial charge in [-0.05, 0) is 0 Å². The summed E-state index contributed by atoms with van der Waals surface area (Å²) in [4.78, 5) is 13.8. The molecular weight excluding hydrogens is 110 g/mol. The molecule has 0 spiro atoms. The van der Waals surface area contributed by atoms with Crippen LogP contribution < -0.4 is 5.90 Å². The van der Waals surface area contributed by atoms with Crippen LogP contribution in [0.3, 0.4) is 0 Å². The maximum absolute atomic E-state index is 9.77. The normalized spacial score (nSPS) is 8.12. The molecule has 0 bridgehead atoms. The summed E-state index contributed by atoms with van der Waals surface area (Å²) in [6, 6.07) is 0. The molecule has 8 heavy (non-hydrogen) atoms. The Bertz CT molecular complexity index is 110. The predicted octanol–water partition coefficient (Wildman–Crippen LogP) is -0.135. The number of hydrogen-bond donors (Lipinski definition) is 2. The average Bonchev–Trinajstić information content (AvgIpc) is 1.65. The minimum Gasteiger partial charge on any atom is -0.481 e. The van der Waals surface area contributed by atoms with E-state index in [1.807, 2.05) is 0 Å². The van der Waals surface area contributed by atoms with E-state index < -0.39 is 5.97 Å². The van der Waals surface area contributed by atoms with Crippen molar-refractivity contribution in [2.45, 2.75) is 6.42 Å². The molecule has 0 aliphatic carbocycles. The Kier molecular flexibility index (Phi) is 2.64.